The minimum absolute atomic E-state index is 0.148. The topological polar surface area (TPSA) is 172 Å². The number of hydrogen-bond acceptors (Lipinski definition) is 11. The Morgan fingerprint density at radius 2 is 1.13 bits per heavy atom. The Morgan fingerprint density at radius 1 is 0.660 bits per heavy atom. The fraction of sp³-hybridized carbons (Fsp3) is 0.353. The van der Waals surface area contributed by atoms with Crippen molar-refractivity contribution < 1.29 is 23.8 Å². The van der Waals surface area contributed by atoms with E-state index in [0.29, 0.717) is 60.0 Å². The minimum Gasteiger partial charge on any atom is -0.496 e. The SMILES string of the molecule is CCN(CC)c1nc(C(N)=O)cc(-c2c(OC)cccc2OC)n1.CCOc1cccc(-c2cc(C(N)=O)nc(N(CC)CC)n2)c1. The van der Waals surface area contributed by atoms with Gasteiger partial charge in [0.05, 0.1) is 37.8 Å². The van der Waals surface area contributed by atoms with E-state index in [1.165, 1.54) is 0 Å². The number of carbonyl (C=O) groups is 2. The van der Waals surface area contributed by atoms with E-state index in [1.807, 2.05) is 74.8 Å². The summed E-state index contributed by atoms with van der Waals surface area (Å²) in [5, 5.41) is 0. The number of hydrogen-bond donors (Lipinski definition) is 2. The first-order valence-corrected chi connectivity index (χ1v) is 15.5. The second-order valence-electron chi connectivity index (χ2n) is 9.95. The van der Waals surface area contributed by atoms with Gasteiger partial charge in [-0.3, -0.25) is 9.59 Å². The molecule has 0 saturated carbocycles. The smallest absolute Gasteiger partial charge is 0.267 e. The van der Waals surface area contributed by atoms with Gasteiger partial charge in [0.2, 0.25) is 11.9 Å². The van der Waals surface area contributed by atoms with Gasteiger partial charge >= 0.3 is 0 Å². The van der Waals surface area contributed by atoms with Crippen LogP contribution in [0.1, 0.15) is 55.6 Å². The molecule has 0 spiro atoms. The summed E-state index contributed by atoms with van der Waals surface area (Å²) in [7, 11) is 3.14. The van der Waals surface area contributed by atoms with Crippen LogP contribution >= 0.6 is 0 Å². The number of benzene rings is 2. The van der Waals surface area contributed by atoms with Gasteiger partial charge in [-0.15, -0.1) is 0 Å². The molecule has 4 N–H and O–H groups in total. The van der Waals surface area contributed by atoms with E-state index in [1.54, 1.807) is 38.5 Å². The largest absolute Gasteiger partial charge is 0.496 e. The van der Waals surface area contributed by atoms with Crippen LogP contribution in [0.4, 0.5) is 11.9 Å². The van der Waals surface area contributed by atoms with Crippen molar-refractivity contribution >= 4 is 23.7 Å². The standard InChI is InChI=1S/C17H22N4O3.C17H22N4O2/c1-5-21(6-2)17-19-11(10-12(20-17)16(18)22)15-13(23-3)8-7-9-14(15)24-4;1-4-21(5-2)17-19-14(11-15(20-17)16(18)22)12-8-7-9-13(10-12)23-6-3/h7-10H,5-6H2,1-4H3,(H2,18,22);7-11H,4-6H2,1-3H3,(H2,18,22). The zero-order chi connectivity index (χ0) is 34.5. The number of ether oxygens (including phenoxy) is 3. The molecule has 13 heteroatoms. The maximum absolute atomic E-state index is 11.7. The van der Waals surface area contributed by atoms with E-state index in [4.69, 9.17) is 25.7 Å². The molecule has 0 atom stereocenters. The zero-order valence-electron chi connectivity index (χ0n) is 28.1. The van der Waals surface area contributed by atoms with Crippen molar-refractivity contribution in [3.63, 3.8) is 0 Å². The van der Waals surface area contributed by atoms with Crippen molar-refractivity contribution in [1.82, 2.24) is 19.9 Å². The fourth-order valence-corrected chi connectivity index (χ4v) is 4.71. The van der Waals surface area contributed by atoms with Crippen LogP contribution in [0.2, 0.25) is 0 Å². The highest BCUT2D eigenvalue weighted by molar-refractivity contribution is 5.93. The van der Waals surface area contributed by atoms with Crippen molar-refractivity contribution in [1.29, 1.82) is 0 Å². The predicted octanol–water partition coefficient (Wildman–Crippen LogP) is 4.59. The Labute approximate surface area is 275 Å². The van der Waals surface area contributed by atoms with Crippen molar-refractivity contribution in [3.8, 4) is 39.8 Å². The number of primary amides is 2. The Balaban J connectivity index is 0.000000256. The normalized spacial score (nSPS) is 10.4. The van der Waals surface area contributed by atoms with Crippen molar-refractivity contribution in [2.75, 3.05) is 56.8 Å². The first-order valence-electron chi connectivity index (χ1n) is 15.5. The second-order valence-corrected chi connectivity index (χ2v) is 9.95. The van der Waals surface area contributed by atoms with Gasteiger partial charge in [0.25, 0.3) is 11.8 Å². The summed E-state index contributed by atoms with van der Waals surface area (Å²) in [6.07, 6.45) is 0. The summed E-state index contributed by atoms with van der Waals surface area (Å²) in [4.78, 5) is 44.9. The van der Waals surface area contributed by atoms with Crippen LogP contribution in [-0.2, 0) is 0 Å². The fourth-order valence-electron chi connectivity index (χ4n) is 4.71. The van der Waals surface area contributed by atoms with Gasteiger partial charge in [-0.1, -0.05) is 18.2 Å². The third kappa shape index (κ3) is 9.06. The average Bonchev–Trinajstić information content (AvgIpc) is 3.09. The molecule has 0 fully saturated rings. The van der Waals surface area contributed by atoms with Gasteiger partial charge in [-0.2, -0.15) is 0 Å². The van der Waals surface area contributed by atoms with Gasteiger partial charge in [0.1, 0.15) is 28.6 Å². The third-order valence-corrected chi connectivity index (χ3v) is 7.15. The number of nitrogens with zero attached hydrogens (tertiary/aromatic N) is 6. The van der Waals surface area contributed by atoms with Gasteiger partial charge in [-0.05, 0) is 71.0 Å². The highest BCUT2D eigenvalue weighted by atomic mass is 16.5. The number of anilines is 2. The lowest BCUT2D eigenvalue weighted by Gasteiger charge is -2.20. The summed E-state index contributed by atoms with van der Waals surface area (Å²) in [5.74, 6) is 1.71. The van der Waals surface area contributed by atoms with E-state index in [0.717, 1.165) is 24.4 Å². The Kier molecular flexibility index (Phi) is 13.3. The molecular formula is C34H44N8O5. The Bertz CT molecular complexity index is 1640. The number of amides is 2. The van der Waals surface area contributed by atoms with Crippen molar-refractivity contribution in [2.45, 2.75) is 34.6 Å². The first-order chi connectivity index (χ1) is 22.6. The summed E-state index contributed by atoms with van der Waals surface area (Å²) >= 11 is 0. The minimum atomic E-state index is -0.610. The molecule has 2 amide bonds. The Hall–Kier alpha value is -5.46. The highest BCUT2D eigenvalue weighted by Crippen LogP contribution is 2.38. The van der Waals surface area contributed by atoms with E-state index in [2.05, 4.69) is 19.9 Å². The zero-order valence-corrected chi connectivity index (χ0v) is 28.1. The predicted molar refractivity (Wildman–Crippen MR) is 183 cm³/mol. The van der Waals surface area contributed by atoms with Crippen LogP contribution in [0, 0.1) is 0 Å². The third-order valence-electron chi connectivity index (χ3n) is 7.15. The highest BCUT2D eigenvalue weighted by Gasteiger charge is 2.19. The molecule has 13 nitrogen and oxygen atoms in total. The molecule has 0 aliphatic carbocycles. The molecule has 0 bridgehead atoms. The lowest BCUT2D eigenvalue weighted by Crippen LogP contribution is -2.26. The van der Waals surface area contributed by atoms with Crippen molar-refractivity contribution in [3.05, 3.63) is 66.0 Å². The van der Waals surface area contributed by atoms with Crippen molar-refractivity contribution in [2.24, 2.45) is 11.5 Å². The molecule has 2 aromatic heterocycles. The maximum atomic E-state index is 11.7. The molecule has 0 aliphatic heterocycles. The molecule has 4 rings (SSSR count). The lowest BCUT2D eigenvalue weighted by atomic mass is 10.1. The summed E-state index contributed by atoms with van der Waals surface area (Å²) in [5.41, 5.74) is 13.9. The molecule has 0 saturated heterocycles. The summed E-state index contributed by atoms with van der Waals surface area (Å²) in [6.45, 7) is 13.4. The van der Waals surface area contributed by atoms with Crippen LogP contribution in [0.3, 0.4) is 0 Å². The van der Waals surface area contributed by atoms with Crippen LogP contribution in [-0.4, -0.2) is 78.8 Å². The molecule has 0 radical (unpaired) electrons. The number of aromatic nitrogens is 4. The number of carbonyl (C=O) groups excluding carboxylic acids is 2. The monoisotopic (exact) mass is 644 g/mol. The molecule has 4 aromatic rings. The van der Waals surface area contributed by atoms with Crippen LogP contribution in [0.5, 0.6) is 17.2 Å². The molecule has 0 unspecified atom stereocenters. The van der Waals surface area contributed by atoms with Gasteiger partial charge in [0.15, 0.2) is 0 Å². The van der Waals surface area contributed by atoms with Gasteiger partial charge in [0, 0.05) is 31.7 Å². The Morgan fingerprint density at radius 3 is 1.57 bits per heavy atom. The molecule has 2 heterocycles. The number of nitrogens with two attached hydrogens (primary N) is 2. The molecule has 47 heavy (non-hydrogen) atoms. The first kappa shape index (κ1) is 36.0. The van der Waals surface area contributed by atoms with E-state index in [-0.39, 0.29) is 11.4 Å². The van der Waals surface area contributed by atoms with Crippen LogP contribution in [0.15, 0.2) is 54.6 Å². The molecule has 0 aliphatic rings. The molecule has 2 aromatic carbocycles. The summed E-state index contributed by atoms with van der Waals surface area (Å²) in [6, 6.07) is 16.2. The quantitative estimate of drug-likeness (QED) is 0.197. The van der Waals surface area contributed by atoms with Crippen LogP contribution < -0.4 is 35.5 Å². The summed E-state index contributed by atoms with van der Waals surface area (Å²) < 4.78 is 16.4. The maximum Gasteiger partial charge on any atom is 0.267 e. The number of methoxy groups -OCH3 is 2. The van der Waals surface area contributed by atoms with Gasteiger partial charge < -0.3 is 35.5 Å². The van der Waals surface area contributed by atoms with Crippen LogP contribution in [0.25, 0.3) is 22.5 Å². The van der Waals surface area contributed by atoms with E-state index >= 15 is 0 Å². The molecule has 250 valence electrons. The second kappa shape index (κ2) is 17.3. The van der Waals surface area contributed by atoms with E-state index in [9.17, 15) is 9.59 Å². The number of rotatable bonds is 14. The van der Waals surface area contributed by atoms with E-state index < -0.39 is 11.8 Å². The van der Waals surface area contributed by atoms with Gasteiger partial charge in [-0.25, -0.2) is 19.9 Å². The average molecular weight is 645 g/mol. The lowest BCUT2D eigenvalue weighted by molar-refractivity contribution is 0.0987. The molecular weight excluding hydrogens is 600 g/mol.